The first kappa shape index (κ1) is 17.6. The van der Waals surface area contributed by atoms with Crippen LogP contribution in [0.2, 0.25) is 0 Å². The van der Waals surface area contributed by atoms with Crippen LogP contribution >= 0.6 is 0 Å². The van der Waals surface area contributed by atoms with E-state index in [4.69, 9.17) is 16.2 Å². The summed E-state index contributed by atoms with van der Waals surface area (Å²) in [5, 5.41) is 35.4. The summed E-state index contributed by atoms with van der Waals surface area (Å²) < 4.78 is 0. The Balaban J connectivity index is 4.51. The van der Waals surface area contributed by atoms with Crippen molar-refractivity contribution in [3.05, 3.63) is 20.9 Å². The molecular formula is C8H13N7O5. The van der Waals surface area contributed by atoms with Crippen LogP contribution in [0, 0.1) is 0 Å². The summed E-state index contributed by atoms with van der Waals surface area (Å²) in [5.74, 6) is -1.79. The lowest BCUT2D eigenvalue weighted by Gasteiger charge is -2.21. The molecule has 4 N–H and O–H groups in total. The molecule has 0 fully saturated rings. The van der Waals surface area contributed by atoms with Crippen molar-refractivity contribution in [1.29, 1.82) is 0 Å². The monoisotopic (exact) mass is 287 g/mol. The lowest BCUT2D eigenvalue weighted by molar-refractivity contribution is -0.131. The van der Waals surface area contributed by atoms with Gasteiger partial charge in [0, 0.05) is 9.82 Å². The number of amides is 2. The lowest BCUT2D eigenvalue weighted by atomic mass is 10.0. The maximum absolute atomic E-state index is 11.3. The van der Waals surface area contributed by atoms with Crippen LogP contribution in [0.15, 0.2) is 10.2 Å². The van der Waals surface area contributed by atoms with Gasteiger partial charge in [-0.1, -0.05) is 10.2 Å². The highest BCUT2D eigenvalue weighted by atomic mass is 16.3. The molecule has 0 aromatic rings. The number of aliphatic hydroxyl groups excluding tert-OH is 3. The van der Waals surface area contributed by atoms with E-state index in [0.29, 0.717) is 0 Å². The zero-order chi connectivity index (χ0) is 15.5. The number of hydrogen-bond acceptors (Lipinski definition) is 7. The van der Waals surface area contributed by atoms with Gasteiger partial charge in [0.2, 0.25) is 11.8 Å². The Hall–Kier alpha value is -2.36. The van der Waals surface area contributed by atoms with Crippen molar-refractivity contribution in [2.24, 2.45) is 10.2 Å². The van der Waals surface area contributed by atoms with Gasteiger partial charge in [0.1, 0.15) is 6.54 Å². The van der Waals surface area contributed by atoms with E-state index in [-0.39, 0.29) is 0 Å². The molecular weight excluding hydrogens is 274 g/mol. The number of hydrogen-bond donors (Lipinski definition) is 4. The van der Waals surface area contributed by atoms with E-state index >= 15 is 0 Å². The fourth-order valence-electron chi connectivity index (χ4n) is 1.23. The molecule has 0 radical (unpaired) electrons. The van der Waals surface area contributed by atoms with Crippen molar-refractivity contribution in [2.45, 2.75) is 24.7 Å². The summed E-state index contributed by atoms with van der Waals surface area (Å²) in [7, 11) is 0. The van der Waals surface area contributed by atoms with Crippen molar-refractivity contribution in [1.82, 2.24) is 5.32 Å². The first-order chi connectivity index (χ1) is 9.46. The van der Waals surface area contributed by atoms with E-state index in [1.54, 1.807) is 0 Å². The minimum Gasteiger partial charge on any atom is -0.394 e. The third-order valence-corrected chi connectivity index (χ3v) is 2.11. The van der Waals surface area contributed by atoms with E-state index in [1.165, 1.54) is 0 Å². The van der Waals surface area contributed by atoms with Crippen LogP contribution < -0.4 is 5.32 Å². The van der Waals surface area contributed by atoms with E-state index < -0.39 is 49.6 Å². The molecule has 12 heteroatoms. The molecule has 20 heavy (non-hydrogen) atoms. The maximum atomic E-state index is 11.3. The summed E-state index contributed by atoms with van der Waals surface area (Å²) in [6.07, 6.45) is -3.80. The van der Waals surface area contributed by atoms with Crippen molar-refractivity contribution in [3.8, 4) is 0 Å². The molecule has 0 aromatic heterocycles. The van der Waals surface area contributed by atoms with Crippen LogP contribution in [0.5, 0.6) is 0 Å². The second-order valence-corrected chi connectivity index (χ2v) is 3.58. The number of carbonyl (C=O) groups is 2. The van der Waals surface area contributed by atoms with Crippen molar-refractivity contribution < 1.29 is 24.9 Å². The zero-order valence-corrected chi connectivity index (χ0v) is 10.2. The number of nitrogens with one attached hydrogen (secondary N) is 1. The molecule has 0 heterocycles. The van der Waals surface area contributed by atoms with Crippen LogP contribution in [0.4, 0.5) is 0 Å². The fraction of sp³-hybridized carbons (Fsp3) is 0.750. The second kappa shape index (κ2) is 9.55. The predicted molar refractivity (Wildman–Crippen MR) is 63.8 cm³/mol. The molecule has 12 nitrogen and oxygen atoms in total. The number of aliphatic hydroxyl groups is 3. The average Bonchev–Trinajstić information content (AvgIpc) is 2.41. The number of carbonyl (C=O) groups excluding carboxylic acids is 2. The minimum atomic E-state index is -1.60. The number of nitrogens with zero attached hydrogens (tertiary/aromatic N) is 6. The smallest absolute Gasteiger partial charge is 0.232 e. The van der Waals surface area contributed by atoms with Crippen molar-refractivity contribution in [3.63, 3.8) is 0 Å². The normalized spacial score (nSPS) is 14.2. The predicted octanol–water partition coefficient (Wildman–Crippen LogP) is -1.28. The van der Waals surface area contributed by atoms with Gasteiger partial charge in [-0.15, -0.1) is 0 Å². The highest BCUT2D eigenvalue weighted by molar-refractivity contribution is 5.96. The van der Waals surface area contributed by atoms with E-state index in [1.807, 2.05) is 5.32 Å². The molecule has 0 bridgehead atoms. The summed E-state index contributed by atoms with van der Waals surface area (Å²) in [6.45, 7) is -1.37. The molecule has 0 aliphatic heterocycles. The summed E-state index contributed by atoms with van der Waals surface area (Å²) >= 11 is 0. The minimum absolute atomic E-state index is 0.586. The van der Waals surface area contributed by atoms with Crippen molar-refractivity contribution in [2.75, 3.05) is 13.2 Å². The van der Waals surface area contributed by atoms with Gasteiger partial charge in [-0.25, -0.2) is 0 Å². The molecule has 0 aromatic carbocycles. The van der Waals surface area contributed by atoms with Gasteiger partial charge in [-0.2, -0.15) is 0 Å². The number of azide groups is 2. The van der Waals surface area contributed by atoms with Crippen LogP contribution in [-0.4, -0.2) is 58.5 Å². The zero-order valence-electron chi connectivity index (χ0n) is 10.2. The Morgan fingerprint density at radius 3 is 2.30 bits per heavy atom. The lowest BCUT2D eigenvalue weighted by Crippen LogP contribution is -2.42. The molecule has 0 aliphatic carbocycles. The van der Waals surface area contributed by atoms with Gasteiger partial charge < -0.3 is 15.3 Å². The van der Waals surface area contributed by atoms with Crippen molar-refractivity contribution >= 4 is 11.8 Å². The maximum Gasteiger partial charge on any atom is 0.232 e. The third kappa shape index (κ3) is 6.54. The SMILES string of the molecule is [N-]=[N+]=NCC(=O)NC(=O)C[C@@H](O)[C@H](N=[N+]=[N-])[C@H](O)CO. The summed E-state index contributed by atoms with van der Waals surface area (Å²) in [6, 6.07) is -1.44. The van der Waals surface area contributed by atoms with Gasteiger partial charge in [-0.3, -0.25) is 14.9 Å². The Morgan fingerprint density at radius 2 is 1.80 bits per heavy atom. The Labute approximate surface area is 112 Å². The van der Waals surface area contributed by atoms with E-state index in [9.17, 15) is 19.8 Å². The standard InChI is InChI=1S/C8H13N7O5/c9-14-11-2-7(20)12-6(19)1-4(17)8(13-15-10)5(18)3-16/h4-5,8,16-18H,1-3H2,(H,12,19,20)/t4-,5-,8+/m1/s1. The van der Waals surface area contributed by atoms with E-state index in [0.717, 1.165) is 0 Å². The molecule has 0 rings (SSSR count). The highest BCUT2D eigenvalue weighted by Crippen LogP contribution is 2.09. The molecule has 0 unspecified atom stereocenters. The quantitative estimate of drug-likeness (QED) is 0.244. The summed E-state index contributed by atoms with van der Waals surface area (Å²) in [4.78, 5) is 27.1. The van der Waals surface area contributed by atoms with Gasteiger partial charge in [0.25, 0.3) is 0 Å². The van der Waals surface area contributed by atoms with Gasteiger partial charge >= 0.3 is 0 Å². The highest BCUT2D eigenvalue weighted by Gasteiger charge is 2.27. The topological polar surface area (TPSA) is 204 Å². The van der Waals surface area contributed by atoms with Gasteiger partial charge in [0.15, 0.2) is 0 Å². The molecule has 0 saturated carbocycles. The number of rotatable bonds is 8. The Kier molecular flexibility index (Phi) is 8.43. The van der Waals surface area contributed by atoms with Crippen LogP contribution in [-0.2, 0) is 9.59 Å². The van der Waals surface area contributed by atoms with Gasteiger partial charge in [0.05, 0.1) is 31.3 Å². The van der Waals surface area contributed by atoms with E-state index in [2.05, 4.69) is 20.1 Å². The largest absolute Gasteiger partial charge is 0.394 e. The molecule has 0 saturated heterocycles. The summed E-state index contributed by atoms with van der Waals surface area (Å²) in [5.41, 5.74) is 16.2. The molecule has 0 spiro atoms. The first-order valence-corrected chi connectivity index (χ1v) is 5.31. The van der Waals surface area contributed by atoms with Crippen LogP contribution in [0.25, 0.3) is 20.9 Å². The second-order valence-electron chi connectivity index (χ2n) is 3.58. The molecule has 2 amide bonds. The third-order valence-electron chi connectivity index (χ3n) is 2.11. The molecule has 3 atom stereocenters. The average molecular weight is 287 g/mol. The Bertz CT molecular complexity index is 442. The van der Waals surface area contributed by atoms with Crippen LogP contribution in [0.3, 0.4) is 0 Å². The molecule has 0 aliphatic rings. The molecule has 110 valence electrons. The van der Waals surface area contributed by atoms with Crippen LogP contribution in [0.1, 0.15) is 6.42 Å². The first-order valence-electron chi connectivity index (χ1n) is 5.31. The number of imide groups is 1. The van der Waals surface area contributed by atoms with Gasteiger partial charge in [-0.05, 0) is 11.1 Å². The fourth-order valence-corrected chi connectivity index (χ4v) is 1.23. The Morgan fingerprint density at radius 1 is 1.15 bits per heavy atom.